The number of hydrogen-bond acceptors (Lipinski definition) is 5. The Labute approximate surface area is 151 Å². The lowest BCUT2D eigenvalue weighted by Gasteiger charge is -2.46. The number of rotatable bonds is 3. The van der Waals surface area contributed by atoms with Gasteiger partial charge in [0.15, 0.2) is 0 Å². The van der Waals surface area contributed by atoms with Gasteiger partial charge >= 0.3 is 12.0 Å². The van der Waals surface area contributed by atoms with Crippen LogP contribution in [-0.2, 0) is 20.7 Å². The Morgan fingerprint density at radius 3 is 2.54 bits per heavy atom. The Bertz CT molecular complexity index is 815. The average molecular weight is 355 g/mol. The third-order valence-electron chi connectivity index (χ3n) is 5.44. The fourth-order valence-corrected chi connectivity index (χ4v) is 4.11. The summed E-state index contributed by atoms with van der Waals surface area (Å²) in [4.78, 5) is 38.9. The van der Waals surface area contributed by atoms with E-state index < -0.39 is 30.0 Å². The van der Waals surface area contributed by atoms with E-state index in [9.17, 15) is 14.4 Å². The predicted octanol–water partition coefficient (Wildman–Crippen LogP) is 1.26. The zero-order valence-electron chi connectivity index (χ0n) is 14.7. The van der Waals surface area contributed by atoms with Crippen molar-refractivity contribution in [1.29, 1.82) is 0 Å². The van der Waals surface area contributed by atoms with Gasteiger partial charge in [0.1, 0.15) is 12.8 Å². The molecule has 0 aromatic heterocycles. The number of benzene rings is 1. The van der Waals surface area contributed by atoms with Crippen LogP contribution in [0.4, 0.5) is 4.79 Å². The van der Waals surface area contributed by atoms with Crippen LogP contribution in [0.1, 0.15) is 30.9 Å². The molecule has 2 N–H and O–H groups in total. The molecule has 136 valence electrons. The zero-order valence-corrected chi connectivity index (χ0v) is 14.7. The molecule has 1 aromatic rings. The van der Waals surface area contributed by atoms with E-state index >= 15 is 0 Å². The van der Waals surface area contributed by atoms with Crippen LogP contribution in [0.5, 0.6) is 0 Å². The summed E-state index contributed by atoms with van der Waals surface area (Å²) in [5.74, 6) is -1.81. The summed E-state index contributed by atoms with van der Waals surface area (Å²) in [5.41, 5.74) is 3.23. The van der Waals surface area contributed by atoms with Crippen LogP contribution < -0.4 is 10.6 Å². The molecule has 26 heavy (non-hydrogen) atoms. The molecule has 1 aromatic carbocycles. The van der Waals surface area contributed by atoms with Crippen LogP contribution in [0.25, 0.3) is 0 Å². The molecular weight excluding hydrogens is 334 g/mol. The molecule has 0 aliphatic carbocycles. The summed E-state index contributed by atoms with van der Waals surface area (Å²) in [6.07, 6.45) is 0.415. The van der Waals surface area contributed by atoms with E-state index in [-0.39, 0.29) is 12.5 Å². The molecule has 3 amide bonds. The summed E-state index contributed by atoms with van der Waals surface area (Å²) >= 11 is 0. The minimum atomic E-state index is -0.593. The molecule has 0 saturated carbocycles. The number of aryl methyl sites for hydroxylation is 1. The lowest BCUT2D eigenvalue weighted by atomic mass is 9.74. The zero-order chi connectivity index (χ0) is 18.4. The Morgan fingerprint density at radius 2 is 1.88 bits per heavy atom. The summed E-state index contributed by atoms with van der Waals surface area (Å²) in [6.45, 7) is 4.53. The molecule has 0 spiro atoms. The maximum atomic E-state index is 12.7. The van der Waals surface area contributed by atoms with Gasteiger partial charge in [-0.1, -0.05) is 31.2 Å². The number of nitrogens with one attached hydrogen (secondary N) is 2. The van der Waals surface area contributed by atoms with Crippen LogP contribution in [0, 0.1) is 5.92 Å². The molecule has 3 atom stereocenters. The van der Waals surface area contributed by atoms with Gasteiger partial charge in [0.05, 0.1) is 17.2 Å². The molecule has 3 heterocycles. The van der Waals surface area contributed by atoms with Crippen molar-refractivity contribution in [2.24, 2.45) is 5.92 Å². The van der Waals surface area contributed by atoms with Gasteiger partial charge in [0, 0.05) is 12.5 Å². The van der Waals surface area contributed by atoms with Crippen molar-refractivity contribution in [3.8, 4) is 0 Å². The van der Waals surface area contributed by atoms with E-state index in [1.807, 2.05) is 31.2 Å². The summed E-state index contributed by atoms with van der Waals surface area (Å²) in [5, 5.41) is 5.64. The van der Waals surface area contributed by atoms with Gasteiger partial charge in [0.2, 0.25) is 5.91 Å². The number of cyclic esters (lactones) is 1. The number of hydrogen-bond donors (Lipinski definition) is 2. The van der Waals surface area contributed by atoms with Gasteiger partial charge in [-0.3, -0.25) is 10.1 Å². The molecule has 1 saturated heterocycles. The first-order valence-electron chi connectivity index (χ1n) is 8.92. The van der Waals surface area contributed by atoms with Gasteiger partial charge in [-0.25, -0.2) is 9.59 Å². The minimum absolute atomic E-state index is 0.147. The second-order valence-corrected chi connectivity index (χ2v) is 6.74. The fourth-order valence-electron chi connectivity index (χ4n) is 4.11. The van der Waals surface area contributed by atoms with Gasteiger partial charge in [0.25, 0.3) is 0 Å². The van der Waals surface area contributed by atoms with Crippen molar-refractivity contribution >= 4 is 17.9 Å². The largest absolute Gasteiger partial charge is 0.456 e. The fraction of sp³-hybridized carbons (Fsp3) is 0.421. The molecule has 3 unspecified atom stereocenters. The maximum Gasteiger partial charge on any atom is 0.336 e. The molecule has 7 heteroatoms. The highest BCUT2D eigenvalue weighted by atomic mass is 16.5. The van der Waals surface area contributed by atoms with Gasteiger partial charge < -0.3 is 15.0 Å². The highest BCUT2D eigenvalue weighted by molar-refractivity contribution is 6.02. The smallest absolute Gasteiger partial charge is 0.336 e. The predicted molar refractivity (Wildman–Crippen MR) is 92.9 cm³/mol. The quantitative estimate of drug-likeness (QED) is 0.797. The first-order valence-corrected chi connectivity index (χ1v) is 8.92. The van der Waals surface area contributed by atoms with Crippen LogP contribution in [-0.4, -0.2) is 42.1 Å². The van der Waals surface area contributed by atoms with Gasteiger partial charge in [-0.15, -0.1) is 0 Å². The molecule has 0 radical (unpaired) electrons. The number of ether oxygens (including phenoxy) is 1. The lowest BCUT2D eigenvalue weighted by molar-refractivity contribution is -0.136. The second kappa shape index (κ2) is 6.16. The number of carbonyl (C=O) groups is 3. The van der Waals surface area contributed by atoms with Crippen molar-refractivity contribution in [2.75, 3.05) is 13.2 Å². The van der Waals surface area contributed by atoms with Crippen LogP contribution in [0.15, 0.2) is 35.5 Å². The molecule has 4 rings (SSSR count). The molecule has 3 aliphatic heterocycles. The number of fused-ring (bicyclic) bond motifs is 1. The van der Waals surface area contributed by atoms with Crippen molar-refractivity contribution < 1.29 is 19.1 Å². The van der Waals surface area contributed by atoms with Crippen LogP contribution in [0.3, 0.4) is 0 Å². The van der Waals surface area contributed by atoms with Crippen LogP contribution >= 0.6 is 0 Å². The average Bonchev–Trinajstić information content (AvgIpc) is 3.01. The molecule has 1 fully saturated rings. The number of esters is 1. The lowest BCUT2D eigenvalue weighted by Crippen LogP contribution is -2.67. The molecule has 7 nitrogen and oxygen atoms in total. The normalized spacial score (nSPS) is 27.5. The molecule has 0 bridgehead atoms. The highest BCUT2D eigenvalue weighted by Crippen LogP contribution is 2.43. The van der Waals surface area contributed by atoms with E-state index in [1.54, 1.807) is 4.90 Å². The summed E-state index contributed by atoms with van der Waals surface area (Å²) < 4.78 is 5.22. The number of imide groups is 1. The summed E-state index contributed by atoms with van der Waals surface area (Å²) in [6, 6.07) is 7.53. The Morgan fingerprint density at radius 1 is 1.15 bits per heavy atom. The number of amides is 3. The highest BCUT2D eigenvalue weighted by Gasteiger charge is 2.53. The van der Waals surface area contributed by atoms with E-state index in [1.165, 1.54) is 5.56 Å². The third-order valence-corrected chi connectivity index (χ3v) is 5.44. The maximum absolute atomic E-state index is 12.7. The Balaban J connectivity index is 1.84. The van der Waals surface area contributed by atoms with Crippen molar-refractivity contribution in [2.45, 2.75) is 32.4 Å². The molecular formula is C19H21N3O4. The summed E-state index contributed by atoms with van der Waals surface area (Å²) in [7, 11) is 0. The standard InChI is InChI=1S/C19H21N3O4/c1-3-10-5-7-11(8-6-10)13-14-12(9-26-18(14)24)20-16-15(13)17(23)21-19(25)22(16)4-2/h5-8,13,15-16,20H,3-4,9H2,1-2H3,(H,21,23,25). The van der Waals surface area contributed by atoms with E-state index in [0.29, 0.717) is 17.8 Å². The first kappa shape index (κ1) is 16.6. The monoisotopic (exact) mass is 355 g/mol. The third kappa shape index (κ3) is 2.38. The van der Waals surface area contributed by atoms with Crippen LogP contribution in [0.2, 0.25) is 0 Å². The van der Waals surface area contributed by atoms with Crippen molar-refractivity contribution in [1.82, 2.24) is 15.5 Å². The van der Waals surface area contributed by atoms with E-state index in [4.69, 9.17) is 4.74 Å². The Kier molecular flexibility index (Phi) is 3.94. The number of carbonyl (C=O) groups excluding carboxylic acids is 3. The Hall–Kier alpha value is -2.83. The van der Waals surface area contributed by atoms with Gasteiger partial charge in [-0.05, 0) is 24.5 Å². The topological polar surface area (TPSA) is 87.7 Å². The van der Waals surface area contributed by atoms with E-state index in [2.05, 4.69) is 17.6 Å². The number of nitrogens with zero attached hydrogens (tertiary/aromatic N) is 1. The SMILES string of the molecule is CCc1ccc(C2C3=C(COC3=O)NC3C2C(=O)NC(=O)N3CC)cc1. The van der Waals surface area contributed by atoms with Crippen molar-refractivity contribution in [3.63, 3.8) is 0 Å². The van der Waals surface area contributed by atoms with E-state index in [0.717, 1.165) is 12.0 Å². The first-order chi connectivity index (χ1) is 12.5. The number of urea groups is 1. The van der Waals surface area contributed by atoms with Crippen molar-refractivity contribution in [3.05, 3.63) is 46.7 Å². The second-order valence-electron chi connectivity index (χ2n) is 6.74. The minimum Gasteiger partial charge on any atom is -0.456 e. The molecule has 3 aliphatic rings. The van der Waals surface area contributed by atoms with Gasteiger partial charge in [-0.2, -0.15) is 0 Å².